The molecule has 0 saturated heterocycles. The Morgan fingerprint density at radius 3 is 2.54 bits per heavy atom. The third kappa shape index (κ3) is 6.01. The van der Waals surface area contributed by atoms with Crippen LogP contribution in [0.1, 0.15) is 38.6 Å². The molecule has 0 unspecified atom stereocenters. The van der Waals surface area contributed by atoms with E-state index >= 15 is 0 Å². The SMILES string of the molecule is C/C(O)=C\CC=C/C=C/c1n[nH]c(=S)n1-c1ccc(C)cc1.CC. The predicted octanol–water partition coefficient (Wildman–Crippen LogP) is 5.69. The Kier molecular flexibility index (Phi) is 8.50. The number of H-pyrrole nitrogens is 1. The summed E-state index contributed by atoms with van der Waals surface area (Å²) in [5.41, 5.74) is 2.18. The summed E-state index contributed by atoms with van der Waals surface area (Å²) in [4.78, 5) is 0. The minimum Gasteiger partial charge on any atom is -0.513 e. The zero-order valence-corrected chi connectivity index (χ0v) is 15.5. The highest BCUT2D eigenvalue weighted by Crippen LogP contribution is 2.13. The van der Waals surface area contributed by atoms with E-state index in [4.69, 9.17) is 17.3 Å². The van der Waals surface area contributed by atoms with Gasteiger partial charge in [0.25, 0.3) is 0 Å². The topological polar surface area (TPSA) is 53.8 Å². The van der Waals surface area contributed by atoms with E-state index in [1.165, 1.54) is 5.56 Å². The van der Waals surface area contributed by atoms with Crippen LogP contribution in [0.5, 0.6) is 0 Å². The largest absolute Gasteiger partial charge is 0.513 e. The van der Waals surface area contributed by atoms with Crippen molar-refractivity contribution < 1.29 is 5.11 Å². The first-order chi connectivity index (χ1) is 11.6. The van der Waals surface area contributed by atoms with Crippen LogP contribution in [0, 0.1) is 11.7 Å². The van der Waals surface area contributed by atoms with Crippen LogP contribution >= 0.6 is 12.2 Å². The van der Waals surface area contributed by atoms with Gasteiger partial charge in [0.15, 0.2) is 10.6 Å². The summed E-state index contributed by atoms with van der Waals surface area (Å²) >= 11 is 5.29. The second-order valence-corrected chi connectivity index (χ2v) is 5.31. The molecule has 0 aliphatic heterocycles. The molecule has 2 N–H and O–H groups in total. The molecule has 0 aliphatic carbocycles. The fraction of sp³-hybridized carbons (Fsp3) is 0.263. The maximum absolute atomic E-state index is 9.05. The van der Waals surface area contributed by atoms with Crippen LogP contribution < -0.4 is 0 Å². The fourth-order valence-corrected chi connectivity index (χ4v) is 2.15. The second kappa shape index (κ2) is 10.4. The second-order valence-electron chi connectivity index (χ2n) is 4.93. The molecule has 0 fully saturated rings. The highest BCUT2D eigenvalue weighted by molar-refractivity contribution is 7.71. The number of hydrogen-bond donors (Lipinski definition) is 2. The van der Waals surface area contributed by atoms with Gasteiger partial charge in [-0.1, -0.05) is 49.8 Å². The molecule has 0 radical (unpaired) electrons. The van der Waals surface area contributed by atoms with E-state index in [0.29, 0.717) is 17.0 Å². The summed E-state index contributed by atoms with van der Waals surface area (Å²) in [6.45, 7) is 7.70. The summed E-state index contributed by atoms with van der Waals surface area (Å²) in [7, 11) is 0. The van der Waals surface area contributed by atoms with Crippen molar-refractivity contribution >= 4 is 18.3 Å². The van der Waals surface area contributed by atoms with Gasteiger partial charge < -0.3 is 5.11 Å². The number of aromatic amines is 1. The summed E-state index contributed by atoms with van der Waals surface area (Å²) in [6, 6.07) is 8.12. The highest BCUT2D eigenvalue weighted by atomic mass is 32.1. The molecule has 0 bridgehead atoms. The maximum atomic E-state index is 9.05. The molecular formula is C19H25N3OS. The molecule has 2 rings (SSSR count). The quantitative estimate of drug-likeness (QED) is 0.417. The molecule has 4 nitrogen and oxygen atoms in total. The monoisotopic (exact) mass is 343 g/mol. The van der Waals surface area contributed by atoms with E-state index < -0.39 is 0 Å². The van der Waals surface area contributed by atoms with Crippen LogP contribution in [0.25, 0.3) is 11.8 Å². The van der Waals surface area contributed by atoms with Gasteiger partial charge in [-0.15, -0.1) is 0 Å². The van der Waals surface area contributed by atoms with Gasteiger partial charge in [0.2, 0.25) is 0 Å². The van der Waals surface area contributed by atoms with Crippen LogP contribution in [0.3, 0.4) is 0 Å². The number of benzene rings is 1. The number of hydrogen-bond acceptors (Lipinski definition) is 3. The van der Waals surface area contributed by atoms with E-state index in [1.807, 2.05) is 73.9 Å². The van der Waals surface area contributed by atoms with Crippen molar-refractivity contribution in [1.82, 2.24) is 14.8 Å². The number of nitrogens with one attached hydrogen (secondary N) is 1. The van der Waals surface area contributed by atoms with E-state index in [9.17, 15) is 0 Å². The summed E-state index contributed by atoms with van der Waals surface area (Å²) in [5, 5.41) is 16.1. The van der Waals surface area contributed by atoms with Gasteiger partial charge in [-0.3, -0.25) is 9.67 Å². The predicted molar refractivity (Wildman–Crippen MR) is 104 cm³/mol. The lowest BCUT2D eigenvalue weighted by molar-refractivity contribution is 0.412. The van der Waals surface area contributed by atoms with Crippen molar-refractivity contribution in [2.24, 2.45) is 0 Å². The first kappa shape index (κ1) is 19.6. The first-order valence-corrected chi connectivity index (χ1v) is 8.42. The lowest BCUT2D eigenvalue weighted by atomic mass is 10.2. The standard InChI is InChI=1S/C17H19N3OS.C2H6/c1-13-9-11-15(12-10-13)20-16(18-19-17(20)22)8-6-4-3-5-7-14(2)21;1-2/h3-4,6-12,21H,5H2,1-2H3,(H,19,22);1-2H3/b4-3?,8-6+,14-7+;. The van der Waals surface area contributed by atoms with E-state index in [0.717, 1.165) is 11.5 Å². The highest BCUT2D eigenvalue weighted by Gasteiger charge is 2.04. The minimum absolute atomic E-state index is 0.328. The molecule has 2 aromatic rings. The normalized spacial score (nSPS) is 11.8. The average molecular weight is 343 g/mol. The lowest BCUT2D eigenvalue weighted by Gasteiger charge is -2.04. The molecule has 0 saturated carbocycles. The molecule has 0 atom stereocenters. The zero-order valence-electron chi connectivity index (χ0n) is 14.7. The van der Waals surface area contributed by atoms with Crippen molar-refractivity contribution in [1.29, 1.82) is 0 Å². The maximum Gasteiger partial charge on any atom is 0.200 e. The number of aromatic nitrogens is 3. The molecule has 5 heteroatoms. The molecule has 0 aliphatic rings. The van der Waals surface area contributed by atoms with Gasteiger partial charge in [0.05, 0.1) is 5.76 Å². The molecule has 1 aromatic carbocycles. The molecule has 128 valence electrons. The third-order valence-corrected chi connectivity index (χ3v) is 3.31. The number of aliphatic hydroxyl groups excluding tert-OH is 1. The molecule has 0 spiro atoms. The molecule has 1 heterocycles. The van der Waals surface area contributed by atoms with Crippen LogP contribution in [0.15, 0.2) is 54.3 Å². The van der Waals surface area contributed by atoms with Crippen molar-refractivity contribution in [3.05, 3.63) is 70.5 Å². The third-order valence-electron chi connectivity index (χ3n) is 3.03. The Labute approximate surface area is 148 Å². The number of allylic oxidation sites excluding steroid dienone is 5. The Morgan fingerprint density at radius 2 is 1.92 bits per heavy atom. The molecule has 24 heavy (non-hydrogen) atoms. The lowest BCUT2D eigenvalue weighted by Crippen LogP contribution is -1.97. The van der Waals surface area contributed by atoms with Gasteiger partial charge in [-0.2, -0.15) is 5.10 Å². The van der Waals surface area contributed by atoms with Crippen LogP contribution in [0.4, 0.5) is 0 Å². The Hall–Kier alpha value is -2.40. The Bertz CT molecular complexity index is 761. The van der Waals surface area contributed by atoms with E-state index in [1.54, 1.807) is 13.0 Å². The van der Waals surface area contributed by atoms with Crippen LogP contribution in [-0.4, -0.2) is 19.9 Å². The number of rotatable bonds is 5. The van der Waals surface area contributed by atoms with Gasteiger partial charge in [-0.05, 0) is 56.8 Å². The van der Waals surface area contributed by atoms with E-state index in [2.05, 4.69) is 10.2 Å². The summed E-state index contributed by atoms with van der Waals surface area (Å²) in [5.74, 6) is 1.07. The van der Waals surface area contributed by atoms with Gasteiger partial charge in [0, 0.05) is 5.69 Å². The Morgan fingerprint density at radius 1 is 1.25 bits per heavy atom. The Balaban J connectivity index is 0.00000139. The first-order valence-electron chi connectivity index (χ1n) is 8.01. The minimum atomic E-state index is 0.328. The van der Waals surface area contributed by atoms with E-state index in [-0.39, 0.29) is 0 Å². The number of aryl methyl sites for hydroxylation is 1. The van der Waals surface area contributed by atoms with Crippen molar-refractivity contribution in [3.63, 3.8) is 0 Å². The number of nitrogens with zero attached hydrogens (tertiary/aromatic N) is 2. The van der Waals surface area contributed by atoms with Gasteiger partial charge in [0.1, 0.15) is 0 Å². The summed E-state index contributed by atoms with van der Waals surface area (Å²) in [6.07, 6.45) is 10.1. The fourth-order valence-electron chi connectivity index (χ4n) is 1.90. The smallest absolute Gasteiger partial charge is 0.200 e. The van der Waals surface area contributed by atoms with Gasteiger partial charge >= 0.3 is 0 Å². The van der Waals surface area contributed by atoms with Crippen molar-refractivity contribution in [2.45, 2.75) is 34.1 Å². The summed E-state index contributed by atoms with van der Waals surface area (Å²) < 4.78 is 2.45. The molecule has 0 amide bonds. The van der Waals surface area contributed by atoms with Gasteiger partial charge in [-0.25, -0.2) is 0 Å². The average Bonchev–Trinajstić information content (AvgIpc) is 2.94. The van der Waals surface area contributed by atoms with Crippen molar-refractivity contribution in [2.75, 3.05) is 0 Å². The molecule has 1 aromatic heterocycles. The zero-order chi connectivity index (χ0) is 17.9. The van der Waals surface area contributed by atoms with Crippen LogP contribution in [0.2, 0.25) is 0 Å². The molecular weight excluding hydrogens is 318 g/mol. The van der Waals surface area contributed by atoms with Crippen LogP contribution in [-0.2, 0) is 0 Å². The van der Waals surface area contributed by atoms with Crippen molar-refractivity contribution in [3.8, 4) is 5.69 Å². The number of aliphatic hydroxyl groups is 1.